The zero-order valence-electron chi connectivity index (χ0n) is 12.7. The zero-order chi connectivity index (χ0) is 17.0. The molecule has 0 bridgehead atoms. The van der Waals surface area contributed by atoms with Gasteiger partial charge >= 0.3 is 0 Å². The molecule has 0 radical (unpaired) electrons. The summed E-state index contributed by atoms with van der Waals surface area (Å²) in [4.78, 5) is 17.2. The average Bonchev–Trinajstić information content (AvgIpc) is 2.51. The van der Waals surface area contributed by atoms with E-state index in [4.69, 9.17) is 11.6 Å². The number of nitrogens with zero attached hydrogens (tertiary/aromatic N) is 2. The van der Waals surface area contributed by atoms with Crippen molar-refractivity contribution in [2.75, 3.05) is 11.9 Å². The monoisotopic (exact) mass is 336 g/mol. The fourth-order valence-corrected chi connectivity index (χ4v) is 2.37. The van der Waals surface area contributed by atoms with Gasteiger partial charge in [0, 0.05) is 25.2 Å². The van der Waals surface area contributed by atoms with Crippen molar-refractivity contribution < 1.29 is 13.6 Å². The third kappa shape index (κ3) is 3.93. The summed E-state index contributed by atoms with van der Waals surface area (Å²) in [5.41, 5.74) is 1.02. The molecule has 0 spiro atoms. The molecule has 6 heteroatoms. The number of halogens is 3. The minimum Gasteiger partial charge on any atom is -0.333 e. The fraction of sp³-hybridized carbons (Fsp3) is 0.176. The largest absolute Gasteiger partial charge is 0.333 e. The van der Waals surface area contributed by atoms with Crippen LogP contribution in [0.4, 0.5) is 20.2 Å². The van der Waals surface area contributed by atoms with Gasteiger partial charge in [0.15, 0.2) is 6.29 Å². The van der Waals surface area contributed by atoms with Crippen LogP contribution in [0.2, 0.25) is 5.02 Å². The number of benzene rings is 2. The first-order valence-corrected chi connectivity index (χ1v) is 7.35. The van der Waals surface area contributed by atoms with Gasteiger partial charge in [-0.3, -0.25) is 4.79 Å². The Hall–Kier alpha value is -2.27. The first kappa shape index (κ1) is 17.1. The van der Waals surface area contributed by atoms with Crippen molar-refractivity contribution >= 4 is 35.1 Å². The maximum Gasteiger partial charge on any atom is 0.153 e. The van der Waals surface area contributed by atoms with E-state index >= 15 is 0 Å². The highest BCUT2D eigenvalue weighted by atomic mass is 35.5. The summed E-state index contributed by atoms with van der Waals surface area (Å²) in [5, 5.41) is 0.302. The molecule has 2 aromatic carbocycles. The molecule has 0 fully saturated rings. The fourth-order valence-electron chi connectivity index (χ4n) is 2.15. The molecule has 0 saturated heterocycles. The Balaban J connectivity index is 2.46. The third-order valence-electron chi connectivity index (χ3n) is 3.34. The highest BCUT2D eigenvalue weighted by molar-refractivity contribution is 6.33. The summed E-state index contributed by atoms with van der Waals surface area (Å²) in [7, 11) is 1.65. The Kier molecular flexibility index (Phi) is 5.45. The van der Waals surface area contributed by atoms with E-state index in [1.54, 1.807) is 30.1 Å². The summed E-state index contributed by atoms with van der Waals surface area (Å²) < 4.78 is 26.8. The predicted molar refractivity (Wildman–Crippen MR) is 89.0 cm³/mol. The zero-order valence-corrected chi connectivity index (χ0v) is 13.4. The first-order valence-electron chi connectivity index (χ1n) is 6.97. The molecule has 0 aliphatic heterocycles. The van der Waals surface area contributed by atoms with E-state index < -0.39 is 11.6 Å². The van der Waals surface area contributed by atoms with Crippen molar-refractivity contribution in [3.05, 3.63) is 58.6 Å². The smallest absolute Gasteiger partial charge is 0.153 e. The Morgan fingerprint density at radius 2 is 1.91 bits per heavy atom. The molecule has 2 aromatic rings. The SMILES string of the molecule is CC/C(=N/c1cccc(Cl)c1C=O)N(C)c1cc(F)cc(F)c1. The van der Waals surface area contributed by atoms with Crippen LogP contribution in [0.3, 0.4) is 0 Å². The van der Waals surface area contributed by atoms with Gasteiger partial charge in [-0.15, -0.1) is 0 Å². The second-order valence-electron chi connectivity index (χ2n) is 4.86. The van der Waals surface area contributed by atoms with E-state index in [0.29, 0.717) is 34.9 Å². The van der Waals surface area contributed by atoms with Gasteiger partial charge in [-0.25, -0.2) is 13.8 Å². The van der Waals surface area contributed by atoms with Crippen LogP contribution in [-0.4, -0.2) is 19.2 Å². The lowest BCUT2D eigenvalue weighted by Crippen LogP contribution is -2.25. The molecule has 0 heterocycles. The van der Waals surface area contributed by atoms with Gasteiger partial charge in [0.1, 0.15) is 17.5 Å². The third-order valence-corrected chi connectivity index (χ3v) is 3.66. The molecule has 0 unspecified atom stereocenters. The second kappa shape index (κ2) is 7.33. The quantitative estimate of drug-likeness (QED) is 0.447. The minimum atomic E-state index is -0.668. The molecule has 0 amide bonds. The molecule has 3 nitrogen and oxygen atoms in total. The van der Waals surface area contributed by atoms with Crippen LogP contribution in [-0.2, 0) is 0 Å². The van der Waals surface area contributed by atoms with Crippen molar-refractivity contribution in [1.82, 2.24) is 0 Å². The van der Waals surface area contributed by atoms with Crippen LogP contribution in [0.1, 0.15) is 23.7 Å². The maximum absolute atomic E-state index is 13.4. The predicted octanol–water partition coefficient (Wildman–Crippen LogP) is 5.01. The van der Waals surface area contributed by atoms with E-state index in [1.807, 2.05) is 6.92 Å². The van der Waals surface area contributed by atoms with E-state index in [2.05, 4.69) is 4.99 Å². The summed E-state index contributed by atoms with van der Waals surface area (Å²) in [6, 6.07) is 8.18. The van der Waals surface area contributed by atoms with Gasteiger partial charge in [0.2, 0.25) is 0 Å². The van der Waals surface area contributed by atoms with Gasteiger partial charge < -0.3 is 4.90 Å². The van der Waals surface area contributed by atoms with Gasteiger partial charge in [-0.05, 0) is 24.3 Å². The van der Waals surface area contributed by atoms with E-state index in [0.717, 1.165) is 6.07 Å². The normalized spacial score (nSPS) is 11.4. The van der Waals surface area contributed by atoms with Crippen LogP contribution in [0.25, 0.3) is 0 Å². The molecule has 0 aliphatic rings. The number of rotatable bonds is 4. The molecule has 0 aliphatic carbocycles. The Morgan fingerprint density at radius 3 is 2.48 bits per heavy atom. The van der Waals surface area contributed by atoms with Crippen molar-refractivity contribution in [3.63, 3.8) is 0 Å². The summed E-state index contributed by atoms with van der Waals surface area (Å²) in [6.07, 6.45) is 1.13. The lowest BCUT2D eigenvalue weighted by molar-refractivity contribution is 0.112. The van der Waals surface area contributed by atoms with Crippen molar-refractivity contribution in [2.45, 2.75) is 13.3 Å². The number of carbonyl (C=O) groups excluding carboxylic acids is 1. The highest BCUT2D eigenvalue weighted by Crippen LogP contribution is 2.26. The van der Waals surface area contributed by atoms with Crippen LogP contribution in [0.15, 0.2) is 41.4 Å². The van der Waals surface area contributed by atoms with Crippen molar-refractivity contribution in [3.8, 4) is 0 Å². The second-order valence-corrected chi connectivity index (χ2v) is 5.27. The number of anilines is 1. The molecule has 0 saturated carbocycles. The topological polar surface area (TPSA) is 32.7 Å². The number of aliphatic imine (C=N–C) groups is 1. The summed E-state index contributed by atoms with van der Waals surface area (Å²) in [6.45, 7) is 1.86. The summed E-state index contributed by atoms with van der Waals surface area (Å²) >= 11 is 5.98. The Labute approximate surface area is 138 Å². The molecule has 23 heavy (non-hydrogen) atoms. The lowest BCUT2D eigenvalue weighted by Gasteiger charge is -2.21. The molecule has 0 aromatic heterocycles. The molecular formula is C17H15ClF2N2O. The number of carbonyl (C=O) groups is 1. The van der Waals surface area contributed by atoms with Crippen LogP contribution >= 0.6 is 11.6 Å². The standard InChI is InChI=1S/C17H15ClF2N2O/c1-3-17(21-16-6-4-5-15(18)14(16)10-23)22(2)13-8-11(19)7-12(20)9-13/h4-10H,3H2,1-2H3/b21-17-. The van der Waals surface area contributed by atoms with Gasteiger partial charge in [0.05, 0.1) is 16.3 Å². The molecule has 120 valence electrons. The average molecular weight is 337 g/mol. The minimum absolute atomic E-state index is 0.277. The Bertz CT molecular complexity index is 742. The Morgan fingerprint density at radius 1 is 1.26 bits per heavy atom. The van der Waals surface area contributed by atoms with Gasteiger partial charge in [-0.1, -0.05) is 24.6 Å². The molecule has 0 N–H and O–H groups in total. The molecule has 0 atom stereocenters. The number of hydrogen-bond donors (Lipinski definition) is 0. The van der Waals surface area contributed by atoms with Crippen LogP contribution < -0.4 is 4.90 Å². The lowest BCUT2D eigenvalue weighted by atomic mass is 10.2. The van der Waals surface area contributed by atoms with Crippen LogP contribution in [0, 0.1) is 11.6 Å². The highest BCUT2D eigenvalue weighted by Gasteiger charge is 2.12. The first-order chi connectivity index (χ1) is 11.0. The molecular weight excluding hydrogens is 322 g/mol. The number of amidine groups is 1. The van der Waals surface area contributed by atoms with Gasteiger partial charge in [-0.2, -0.15) is 0 Å². The van der Waals surface area contributed by atoms with Gasteiger partial charge in [0.25, 0.3) is 0 Å². The van der Waals surface area contributed by atoms with Crippen LogP contribution in [0.5, 0.6) is 0 Å². The van der Waals surface area contributed by atoms with Crippen molar-refractivity contribution in [2.24, 2.45) is 4.99 Å². The number of hydrogen-bond acceptors (Lipinski definition) is 2. The van der Waals surface area contributed by atoms with E-state index in [1.165, 1.54) is 12.1 Å². The summed E-state index contributed by atoms with van der Waals surface area (Å²) in [5.74, 6) is -0.794. The van der Waals surface area contributed by atoms with Crippen molar-refractivity contribution in [1.29, 1.82) is 0 Å². The van der Waals surface area contributed by atoms with E-state index in [9.17, 15) is 13.6 Å². The van der Waals surface area contributed by atoms with E-state index in [-0.39, 0.29) is 5.56 Å². The molecule has 2 rings (SSSR count). The maximum atomic E-state index is 13.4. The number of aldehydes is 1.